The zero-order valence-electron chi connectivity index (χ0n) is 12.1. The number of esters is 2. The molecule has 0 aliphatic carbocycles. The van der Waals surface area contributed by atoms with Crippen LogP contribution in [-0.4, -0.2) is 36.7 Å². The maximum absolute atomic E-state index is 11.6. The first-order valence-electron chi connectivity index (χ1n) is 6.32. The van der Waals surface area contributed by atoms with E-state index in [4.69, 9.17) is 10.5 Å². The minimum atomic E-state index is -1.51. The third-order valence-corrected chi connectivity index (χ3v) is 2.29. The molecule has 2 atom stereocenters. The van der Waals surface area contributed by atoms with Gasteiger partial charge in [-0.2, -0.15) is 10.5 Å². The van der Waals surface area contributed by atoms with E-state index in [2.05, 4.69) is 9.47 Å². The molecule has 0 aromatic carbocycles. The Balaban J connectivity index is 5.03. The third kappa shape index (κ3) is 5.55. The maximum Gasteiger partial charge on any atom is 0.376 e. The zero-order chi connectivity index (χ0) is 17.1. The second-order valence-electron chi connectivity index (χ2n) is 3.77. The van der Waals surface area contributed by atoms with E-state index in [0.29, 0.717) is 0 Å². The largest absolute Gasteiger partial charge is 0.460 e. The van der Waals surface area contributed by atoms with Crippen LogP contribution in [0.15, 0.2) is 12.2 Å². The lowest BCUT2D eigenvalue weighted by molar-refractivity contribution is -0.154. The molecule has 0 fully saturated rings. The van der Waals surface area contributed by atoms with Gasteiger partial charge in [0.25, 0.3) is 11.6 Å². The molecule has 0 spiro atoms. The minimum Gasteiger partial charge on any atom is -0.460 e. The first kappa shape index (κ1) is 19.0. The molecule has 0 unspecified atom stereocenters. The number of nitriles is 2. The van der Waals surface area contributed by atoms with Crippen molar-refractivity contribution in [2.24, 2.45) is 11.8 Å². The van der Waals surface area contributed by atoms with E-state index in [-0.39, 0.29) is 13.2 Å². The summed E-state index contributed by atoms with van der Waals surface area (Å²) >= 11 is 0. The minimum absolute atomic E-state index is 0.0331. The van der Waals surface area contributed by atoms with Gasteiger partial charge in [0.1, 0.15) is 11.8 Å². The summed E-state index contributed by atoms with van der Waals surface area (Å²) in [5, 5.41) is 17.7. The number of hydrogen-bond acceptors (Lipinski definition) is 8. The highest BCUT2D eigenvalue weighted by Gasteiger charge is 2.27. The maximum atomic E-state index is 11.6. The van der Waals surface area contributed by atoms with Crippen LogP contribution in [0.1, 0.15) is 13.8 Å². The Morgan fingerprint density at radius 3 is 1.41 bits per heavy atom. The van der Waals surface area contributed by atoms with E-state index in [1.54, 1.807) is 0 Å². The van der Waals surface area contributed by atoms with Crippen molar-refractivity contribution in [1.29, 1.82) is 10.5 Å². The quantitative estimate of drug-likeness (QED) is 0.349. The van der Waals surface area contributed by atoms with E-state index in [9.17, 15) is 19.2 Å². The van der Waals surface area contributed by atoms with Crippen LogP contribution in [0.2, 0.25) is 0 Å². The van der Waals surface area contributed by atoms with Crippen molar-refractivity contribution in [3.8, 4) is 12.1 Å². The van der Waals surface area contributed by atoms with E-state index in [0.717, 1.165) is 12.2 Å². The van der Waals surface area contributed by atoms with Gasteiger partial charge in [0.15, 0.2) is 0 Å². The van der Waals surface area contributed by atoms with Crippen LogP contribution in [0, 0.1) is 34.5 Å². The normalized spacial score (nSPS) is 12.5. The molecule has 8 heteroatoms. The first-order chi connectivity index (χ1) is 10.4. The van der Waals surface area contributed by atoms with Crippen molar-refractivity contribution in [3.05, 3.63) is 12.2 Å². The Morgan fingerprint density at radius 1 is 0.864 bits per heavy atom. The molecule has 0 aliphatic heterocycles. The number of hydrogen-bond donors (Lipinski definition) is 0. The van der Waals surface area contributed by atoms with Gasteiger partial charge < -0.3 is 9.47 Å². The van der Waals surface area contributed by atoms with Gasteiger partial charge in [-0.1, -0.05) is 12.2 Å². The van der Waals surface area contributed by atoms with Crippen LogP contribution in [0.5, 0.6) is 0 Å². The molecule has 22 heavy (non-hydrogen) atoms. The molecule has 0 rings (SSSR count). The average molecular weight is 306 g/mol. The van der Waals surface area contributed by atoms with Crippen LogP contribution < -0.4 is 0 Å². The Labute approximate surface area is 126 Å². The SMILES string of the molecule is CCOC(=O)C(=O)[C@@H](C#N)/C=C/[C@H](C#N)C(=O)C(=O)OCC. The Bertz CT molecular complexity index is 517. The molecular formula is C14H14N2O6. The number of rotatable bonds is 8. The number of ether oxygens (including phenoxy) is 2. The highest BCUT2D eigenvalue weighted by Crippen LogP contribution is 2.07. The summed E-state index contributed by atoms with van der Waals surface area (Å²) in [6, 6.07) is 3.08. The van der Waals surface area contributed by atoms with E-state index in [1.807, 2.05) is 0 Å². The van der Waals surface area contributed by atoms with Crippen LogP contribution in [0.4, 0.5) is 0 Å². The molecular weight excluding hydrogens is 292 g/mol. The second-order valence-corrected chi connectivity index (χ2v) is 3.77. The Hall–Kier alpha value is -3.00. The average Bonchev–Trinajstić information content (AvgIpc) is 2.51. The van der Waals surface area contributed by atoms with Crippen molar-refractivity contribution < 1.29 is 28.7 Å². The molecule has 0 heterocycles. The van der Waals surface area contributed by atoms with E-state index in [1.165, 1.54) is 26.0 Å². The highest BCUT2D eigenvalue weighted by molar-refractivity contribution is 6.36. The number of Topliss-reactive ketones (excluding diaryl/α,β-unsaturated/α-hetero) is 2. The summed E-state index contributed by atoms with van der Waals surface area (Å²) in [5.41, 5.74) is 0. The number of ketones is 2. The predicted octanol–water partition coefficient (Wildman–Crippen LogP) is 0.0866. The van der Waals surface area contributed by atoms with Gasteiger partial charge in [0.2, 0.25) is 0 Å². The van der Waals surface area contributed by atoms with Gasteiger partial charge in [0, 0.05) is 0 Å². The predicted molar refractivity (Wildman–Crippen MR) is 70.6 cm³/mol. The lowest BCUT2D eigenvalue weighted by Gasteiger charge is -2.05. The summed E-state index contributed by atoms with van der Waals surface area (Å²) in [5.74, 6) is -7.65. The lowest BCUT2D eigenvalue weighted by Crippen LogP contribution is -2.26. The smallest absolute Gasteiger partial charge is 0.376 e. The van der Waals surface area contributed by atoms with Gasteiger partial charge in [-0.3, -0.25) is 9.59 Å². The van der Waals surface area contributed by atoms with Crippen molar-refractivity contribution >= 4 is 23.5 Å². The number of carbonyl (C=O) groups excluding carboxylic acids is 4. The summed E-state index contributed by atoms with van der Waals surface area (Å²) in [4.78, 5) is 45.6. The molecule has 0 aromatic rings. The van der Waals surface area contributed by atoms with Crippen molar-refractivity contribution in [1.82, 2.24) is 0 Å². The van der Waals surface area contributed by atoms with Crippen molar-refractivity contribution in [3.63, 3.8) is 0 Å². The third-order valence-electron chi connectivity index (χ3n) is 2.29. The van der Waals surface area contributed by atoms with Crippen molar-refractivity contribution in [2.45, 2.75) is 13.8 Å². The molecule has 0 N–H and O–H groups in total. The van der Waals surface area contributed by atoms with E-state index >= 15 is 0 Å². The molecule has 116 valence electrons. The molecule has 0 saturated carbocycles. The van der Waals surface area contributed by atoms with Crippen LogP contribution in [0.25, 0.3) is 0 Å². The Morgan fingerprint density at radius 2 is 1.18 bits per heavy atom. The Kier molecular flexibility index (Phi) is 8.49. The number of nitrogens with zero attached hydrogens (tertiary/aromatic N) is 2. The summed E-state index contributed by atoms with van der Waals surface area (Å²) in [6.45, 7) is 2.92. The van der Waals surface area contributed by atoms with Crippen molar-refractivity contribution in [2.75, 3.05) is 13.2 Å². The monoisotopic (exact) mass is 306 g/mol. The molecule has 0 bridgehead atoms. The highest BCUT2D eigenvalue weighted by atomic mass is 16.5. The summed E-state index contributed by atoms with van der Waals surface area (Å²) in [7, 11) is 0. The molecule has 8 nitrogen and oxygen atoms in total. The van der Waals surface area contributed by atoms with Gasteiger partial charge in [0.05, 0.1) is 25.4 Å². The molecule has 0 saturated heterocycles. The van der Waals surface area contributed by atoms with Crippen LogP contribution in [-0.2, 0) is 28.7 Å². The molecule has 0 aliphatic rings. The summed E-state index contributed by atoms with van der Waals surface area (Å²) in [6.07, 6.45) is 1.81. The fourth-order valence-electron chi connectivity index (χ4n) is 1.26. The zero-order valence-corrected chi connectivity index (χ0v) is 12.1. The second kappa shape index (κ2) is 9.83. The molecule has 0 radical (unpaired) electrons. The number of carbonyl (C=O) groups is 4. The standard InChI is InChI=1S/C14H14N2O6/c1-3-21-13(19)11(17)9(7-15)5-6-10(8-16)12(18)14(20)22-4-2/h5-6,9-10H,3-4H2,1-2H3/b6-5+/t9-,10-/m1/s1. The van der Waals surface area contributed by atoms with Gasteiger partial charge in [-0.05, 0) is 13.8 Å². The molecule has 0 aromatic heterocycles. The lowest BCUT2D eigenvalue weighted by atomic mass is 10.00. The topological polar surface area (TPSA) is 134 Å². The molecule has 0 amide bonds. The summed E-state index contributed by atoms with van der Waals surface area (Å²) < 4.78 is 8.92. The van der Waals surface area contributed by atoms with Gasteiger partial charge >= 0.3 is 11.9 Å². The van der Waals surface area contributed by atoms with Crippen LogP contribution in [0.3, 0.4) is 0 Å². The van der Waals surface area contributed by atoms with Gasteiger partial charge in [-0.25, -0.2) is 9.59 Å². The van der Waals surface area contributed by atoms with E-state index < -0.39 is 35.3 Å². The van der Waals surface area contributed by atoms with Crippen LogP contribution >= 0.6 is 0 Å². The van der Waals surface area contributed by atoms with Gasteiger partial charge in [-0.15, -0.1) is 0 Å². The fraction of sp³-hybridized carbons (Fsp3) is 0.429. The fourth-order valence-corrected chi connectivity index (χ4v) is 1.26. The number of allylic oxidation sites excluding steroid dienone is 2. The first-order valence-corrected chi connectivity index (χ1v) is 6.32.